The second-order valence-corrected chi connectivity index (χ2v) is 9.87. The van der Waals surface area contributed by atoms with Crippen molar-refractivity contribution in [2.75, 3.05) is 57.9 Å². The number of anilines is 1. The van der Waals surface area contributed by atoms with E-state index in [2.05, 4.69) is 38.1 Å². The number of aromatic nitrogens is 2. The van der Waals surface area contributed by atoms with Gasteiger partial charge >= 0.3 is 0 Å². The number of hydrogen-bond acceptors (Lipinski definition) is 8. The van der Waals surface area contributed by atoms with Crippen LogP contribution < -0.4 is 19.7 Å². The van der Waals surface area contributed by atoms with Gasteiger partial charge in [0.05, 0.1) is 12.7 Å². The van der Waals surface area contributed by atoms with E-state index in [9.17, 15) is 5.11 Å². The van der Waals surface area contributed by atoms with Gasteiger partial charge in [0.25, 0.3) is 0 Å². The molecule has 3 heterocycles. The number of nitrogens with zero attached hydrogens (tertiary/aromatic N) is 4. The number of benzene rings is 1. The molecule has 2 N–H and O–H groups in total. The monoisotopic (exact) mass is 469 g/mol. The van der Waals surface area contributed by atoms with E-state index in [0.29, 0.717) is 32.7 Å². The summed E-state index contributed by atoms with van der Waals surface area (Å²) in [5, 5.41) is 14.5. The fraction of sp³-hybridized carbons (Fsp3) is 0.615. The number of aryl methyl sites for hydroxylation is 1. The molecule has 0 aliphatic carbocycles. The van der Waals surface area contributed by atoms with Crippen molar-refractivity contribution in [1.29, 1.82) is 0 Å². The van der Waals surface area contributed by atoms with E-state index in [1.165, 1.54) is 12.8 Å². The average Bonchev–Trinajstić information content (AvgIpc) is 3.23. The Bertz CT molecular complexity index is 934. The second kappa shape index (κ2) is 11.3. The molecule has 2 saturated heterocycles. The Morgan fingerprint density at radius 2 is 1.97 bits per heavy atom. The van der Waals surface area contributed by atoms with Gasteiger partial charge in [0.15, 0.2) is 11.5 Å². The highest BCUT2D eigenvalue weighted by Crippen LogP contribution is 2.29. The third-order valence-electron chi connectivity index (χ3n) is 7.00. The highest BCUT2D eigenvalue weighted by Gasteiger charge is 2.36. The highest BCUT2D eigenvalue weighted by atomic mass is 16.5. The lowest BCUT2D eigenvalue weighted by atomic mass is 9.99. The van der Waals surface area contributed by atoms with Crippen molar-refractivity contribution in [3.63, 3.8) is 0 Å². The van der Waals surface area contributed by atoms with E-state index < -0.39 is 5.60 Å². The molecule has 0 amide bonds. The summed E-state index contributed by atoms with van der Waals surface area (Å²) in [5.41, 5.74) is 1.25. The molecule has 2 fully saturated rings. The maximum atomic E-state index is 11.0. The first-order chi connectivity index (χ1) is 16.4. The predicted molar refractivity (Wildman–Crippen MR) is 134 cm³/mol. The summed E-state index contributed by atoms with van der Waals surface area (Å²) < 4.78 is 11.6. The third-order valence-corrected chi connectivity index (χ3v) is 7.00. The molecular formula is C26H39N5O3. The fourth-order valence-electron chi connectivity index (χ4n) is 4.76. The van der Waals surface area contributed by atoms with Crippen molar-refractivity contribution >= 4 is 5.82 Å². The maximum Gasteiger partial charge on any atom is 0.161 e. The van der Waals surface area contributed by atoms with Crippen LogP contribution in [0.1, 0.15) is 37.4 Å². The van der Waals surface area contributed by atoms with Crippen LogP contribution in [0.5, 0.6) is 11.5 Å². The number of hydrogen-bond donors (Lipinski definition) is 2. The second-order valence-electron chi connectivity index (χ2n) is 9.87. The minimum absolute atomic E-state index is 0.516. The zero-order valence-electron chi connectivity index (χ0n) is 20.8. The first-order valence-electron chi connectivity index (χ1n) is 12.4. The van der Waals surface area contributed by atoms with Gasteiger partial charge in [-0.25, -0.2) is 9.97 Å². The first-order valence-corrected chi connectivity index (χ1v) is 12.4. The van der Waals surface area contributed by atoms with Gasteiger partial charge in [0.2, 0.25) is 0 Å². The normalized spacial score (nSPS) is 21.7. The number of piperidine rings is 1. The van der Waals surface area contributed by atoms with E-state index >= 15 is 0 Å². The van der Waals surface area contributed by atoms with Gasteiger partial charge in [-0.3, -0.25) is 4.90 Å². The average molecular weight is 470 g/mol. The maximum absolute atomic E-state index is 11.0. The van der Waals surface area contributed by atoms with Crippen molar-refractivity contribution in [2.45, 2.75) is 45.3 Å². The highest BCUT2D eigenvalue weighted by molar-refractivity contribution is 5.43. The van der Waals surface area contributed by atoms with E-state index in [0.717, 1.165) is 60.7 Å². The Morgan fingerprint density at radius 3 is 2.74 bits per heavy atom. The van der Waals surface area contributed by atoms with Gasteiger partial charge in [-0.15, -0.1) is 0 Å². The van der Waals surface area contributed by atoms with Crippen LogP contribution in [-0.4, -0.2) is 78.6 Å². The molecule has 34 heavy (non-hydrogen) atoms. The lowest BCUT2D eigenvalue weighted by Crippen LogP contribution is -2.43. The topological polar surface area (TPSA) is 83.0 Å². The minimum atomic E-state index is -0.780. The van der Waals surface area contributed by atoms with E-state index in [4.69, 9.17) is 9.47 Å². The van der Waals surface area contributed by atoms with Crippen LogP contribution in [0.25, 0.3) is 0 Å². The van der Waals surface area contributed by atoms with E-state index in [-0.39, 0.29) is 0 Å². The molecule has 1 unspecified atom stereocenters. The van der Waals surface area contributed by atoms with Crippen LogP contribution in [-0.2, 0) is 6.54 Å². The summed E-state index contributed by atoms with van der Waals surface area (Å²) >= 11 is 0. The summed E-state index contributed by atoms with van der Waals surface area (Å²) in [6.45, 7) is 10.7. The number of rotatable bonds is 10. The van der Waals surface area contributed by atoms with Gasteiger partial charge in [0.1, 0.15) is 18.8 Å². The van der Waals surface area contributed by atoms with Crippen molar-refractivity contribution in [3.8, 4) is 11.5 Å². The molecule has 1 aromatic heterocycles. The van der Waals surface area contributed by atoms with E-state index in [1.807, 2.05) is 25.1 Å². The standard InChI is InChI=1S/C26H39N5O3/c1-20-6-9-30(10-7-20)12-13-34-23-5-4-22(15-24(23)33-3)16-27-17-26(32)8-11-31(18-26)25-14-21(2)28-19-29-25/h4-5,14-15,19-20,27,32H,6-13,16-18H2,1-3H3. The molecule has 8 heteroatoms. The van der Waals surface area contributed by atoms with Crippen LogP contribution >= 0.6 is 0 Å². The number of nitrogens with one attached hydrogen (secondary N) is 1. The van der Waals surface area contributed by atoms with Crippen LogP contribution in [0.15, 0.2) is 30.6 Å². The molecule has 186 valence electrons. The number of ether oxygens (including phenoxy) is 2. The summed E-state index contributed by atoms with van der Waals surface area (Å²) in [5.74, 6) is 3.24. The van der Waals surface area contributed by atoms with Crippen molar-refractivity contribution in [3.05, 3.63) is 41.9 Å². The molecule has 0 spiro atoms. The smallest absolute Gasteiger partial charge is 0.161 e. The van der Waals surface area contributed by atoms with Crippen LogP contribution in [0.4, 0.5) is 5.82 Å². The summed E-state index contributed by atoms with van der Waals surface area (Å²) in [6, 6.07) is 8.02. The summed E-state index contributed by atoms with van der Waals surface area (Å²) in [4.78, 5) is 13.1. The molecule has 1 aromatic carbocycles. The Morgan fingerprint density at radius 1 is 1.15 bits per heavy atom. The molecule has 0 bridgehead atoms. The molecule has 4 rings (SSSR count). The lowest BCUT2D eigenvalue weighted by Gasteiger charge is -2.30. The molecule has 8 nitrogen and oxygen atoms in total. The molecule has 2 aromatic rings. The Balaban J connectivity index is 1.23. The van der Waals surface area contributed by atoms with Gasteiger partial charge in [0, 0.05) is 44.5 Å². The van der Waals surface area contributed by atoms with Crippen LogP contribution in [0.3, 0.4) is 0 Å². The number of β-amino-alcohol motifs (C(OH)–C–C–N with tert-alkyl or cyclic N) is 1. The van der Waals surface area contributed by atoms with E-state index in [1.54, 1.807) is 13.4 Å². The molecule has 1 atom stereocenters. The fourth-order valence-corrected chi connectivity index (χ4v) is 4.76. The molecule has 0 radical (unpaired) electrons. The van der Waals surface area contributed by atoms with Crippen molar-refractivity contribution in [2.24, 2.45) is 5.92 Å². The Labute approximate surface area is 203 Å². The SMILES string of the molecule is COc1cc(CNCC2(O)CCN(c3cc(C)ncn3)C2)ccc1OCCN1CCC(C)CC1. The van der Waals surface area contributed by atoms with Crippen LogP contribution in [0.2, 0.25) is 0 Å². The van der Waals surface area contributed by atoms with Gasteiger partial charge in [-0.05, 0) is 62.9 Å². The molecule has 0 saturated carbocycles. The van der Waals surface area contributed by atoms with Gasteiger partial charge in [-0.2, -0.15) is 0 Å². The largest absolute Gasteiger partial charge is 0.493 e. The molecule has 2 aliphatic rings. The predicted octanol–water partition coefficient (Wildman–Crippen LogP) is 2.64. The van der Waals surface area contributed by atoms with Crippen molar-refractivity contribution < 1.29 is 14.6 Å². The number of methoxy groups -OCH3 is 1. The first kappa shape index (κ1) is 24.7. The zero-order valence-corrected chi connectivity index (χ0v) is 20.8. The summed E-state index contributed by atoms with van der Waals surface area (Å²) in [6.07, 6.45) is 4.83. The third kappa shape index (κ3) is 6.58. The van der Waals surface area contributed by atoms with Crippen LogP contribution in [0, 0.1) is 12.8 Å². The molecular weight excluding hydrogens is 430 g/mol. The lowest BCUT2D eigenvalue weighted by molar-refractivity contribution is 0.0626. The number of likely N-dealkylation sites (tertiary alicyclic amines) is 1. The van der Waals surface area contributed by atoms with Crippen molar-refractivity contribution in [1.82, 2.24) is 20.2 Å². The number of aliphatic hydroxyl groups is 1. The van der Waals surface area contributed by atoms with Gasteiger partial charge in [-0.1, -0.05) is 13.0 Å². The molecule has 2 aliphatic heterocycles. The minimum Gasteiger partial charge on any atom is -0.493 e. The Hall–Kier alpha value is -2.42. The summed E-state index contributed by atoms with van der Waals surface area (Å²) in [7, 11) is 1.68. The zero-order chi connectivity index (χ0) is 24.0. The van der Waals surface area contributed by atoms with Gasteiger partial charge < -0.3 is 24.8 Å². The quantitative estimate of drug-likeness (QED) is 0.550. The Kier molecular flexibility index (Phi) is 8.24.